The number of hydrogen-bond acceptors (Lipinski definition) is 2. The molecule has 0 aromatic heterocycles. The zero-order chi connectivity index (χ0) is 19.8. The summed E-state index contributed by atoms with van der Waals surface area (Å²) in [6.45, 7) is 5.82. The summed E-state index contributed by atoms with van der Waals surface area (Å²) in [5.74, 6) is 0. The molecule has 5 aromatic rings. The van der Waals surface area contributed by atoms with Crippen molar-refractivity contribution in [1.82, 2.24) is 0 Å². The molecule has 0 aliphatic heterocycles. The zero-order valence-electron chi connectivity index (χ0n) is 17.1. The van der Waals surface area contributed by atoms with Crippen molar-refractivity contribution < 1.29 is 8.85 Å². The zero-order valence-corrected chi connectivity index (χ0v) is 18.2. The van der Waals surface area contributed by atoms with Gasteiger partial charge in [-0.1, -0.05) is 80.6 Å². The molecule has 5 aromatic carbocycles. The van der Waals surface area contributed by atoms with Gasteiger partial charge in [0.05, 0.1) is 0 Å². The third-order valence-corrected chi connectivity index (χ3v) is 7.81. The first-order valence-electron chi connectivity index (χ1n) is 10.6. The molecule has 0 heterocycles. The van der Waals surface area contributed by atoms with Crippen LogP contribution < -0.4 is 5.19 Å². The molecule has 0 unspecified atom stereocenters. The second-order valence-corrected chi connectivity index (χ2v) is 9.67. The van der Waals surface area contributed by atoms with Gasteiger partial charge in [-0.2, -0.15) is 0 Å². The molecular weight excluding hydrogens is 372 g/mol. The van der Waals surface area contributed by atoms with E-state index in [2.05, 4.69) is 80.6 Å². The molecule has 0 amide bonds. The lowest BCUT2D eigenvalue weighted by Gasteiger charge is -2.21. The van der Waals surface area contributed by atoms with E-state index >= 15 is 0 Å². The van der Waals surface area contributed by atoms with Crippen molar-refractivity contribution in [2.24, 2.45) is 0 Å². The van der Waals surface area contributed by atoms with Crippen molar-refractivity contribution in [2.75, 3.05) is 13.2 Å². The molecule has 0 bridgehead atoms. The molecule has 0 fully saturated rings. The number of hydrogen-bond donors (Lipinski definition) is 0. The van der Waals surface area contributed by atoms with Gasteiger partial charge in [0.1, 0.15) is 0 Å². The predicted octanol–water partition coefficient (Wildman–Crippen LogP) is 6.02. The highest BCUT2D eigenvalue weighted by molar-refractivity contribution is 6.66. The molecule has 5 rings (SSSR count). The molecule has 2 nitrogen and oxygen atoms in total. The van der Waals surface area contributed by atoms with Crippen LogP contribution in [0.2, 0.25) is 0 Å². The van der Waals surface area contributed by atoms with Crippen LogP contribution in [0.15, 0.2) is 66.7 Å². The number of rotatable bonds is 7. The van der Waals surface area contributed by atoms with Crippen molar-refractivity contribution in [3.05, 3.63) is 66.7 Å². The third-order valence-electron chi connectivity index (χ3n) is 5.74. The average Bonchev–Trinajstić information content (AvgIpc) is 2.77. The Hall–Kier alpha value is -2.46. The van der Waals surface area contributed by atoms with Gasteiger partial charge >= 0.3 is 9.28 Å². The van der Waals surface area contributed by atoms with Gasteiger partial charge in [0.25, 0.3) is 0 Å². The van der Waals surface area contributed by atoms with Crippen LogP contribution >= 0.6 is 0 Å². The van der Waals surface area contributed by atoms with Crippen LogP contribution in [0.1, 0.15) is 26.7 Å². The summed E-state index contributed by atoms with van der Waals surface area (Å²) >= 11 is 0. The smallest absolute Gasteiger partial charge is 0.356 e. The van der Waals surface area contributed by atoms with E-state index < -0.39 is 9.28 Å². The standard InChI is InChI=1S/C26H26O2Si/c1-3-16-27-29(28-17-4-2)23-15-14-19-10-6-12-21-20-11-5-8-18-9-7-13-22(24(18)20)26(23)25(19)21/h5-15,29H,3-4,16-17H2,1-2H3. The van der Waals surface area contributed by atoms with Gasteiger partial charge in [-0.05, 0) is 61.1 Å². The molecule has 29 heavy (non-hydrogen) atoms. The Morgan fingerprint density at radius 2 is 1.14 bits per heavy atom. The quantitative estimate of drug-likeness (QED) is 0.190. The SMILES string of the molecule is CCCO[SiH](OCCC)c1ccc2cccc3c4cccc5cccc(c1c23)c54. The van der Waals surface area contributed by atoms with Crippen LogP contribution in [-0.4, -0.2) is 22.5 Å². The van der Waals surface area contributed by atoms with Crippen LogP contribution in [0.25, 0.3) is 43.1 Å². The maximum atomic E-state index is 6.34. The van der Waals surface area contributed by atoms with E-state index in [9.17, 15) is 0 Å². The van der Waals surface area contributed by atoms with Crippen molar-refractivity contribution in [3.63, 3.8) is 0 Å². The van der Waals surface area contributed by atoms with Crippen LogP contribution in [0.4, 0.5) is 0 Å². The summed E-state index contributed by atoms with van der Waals surface area (Å²) in [6.07, 6.45) is 2.01. The van der Waals surface area contributed by atoms with Crippen molar-refractivity contribution in [3.8, 4) is 0 Å². The fourth-order valence-electron chi connectivity index (χ4n) is 4.56. The lowest BCUT2D eigenvalue weighted by molar-refractivity contribution is 0.208. The van der Waals surface area contributed by atoms with Gasteiger partial charge in [-0.15, -0.1) is 0 Å². The Morgan fingerprint density at radius 1 is 0.586 bits per heavy atom. The molecule has 0 radical (unpaired) electrons. The largest absolute Gasteiger partial charge is 0.393 e. The summed E-state index contributed by atoms with van der Waals surface area (Å²) < 4.78 is 12.7. The molecule has 0 spiro atoms. The molecule has 0 aliphatic rings. The molecule has 0 aliphatic carbocycles. The number of fused-ring (bicyclic) bond motifs is 2. The highest BCUT2D eigenvalue weighted by Crippen LogP contribution is 2.39. The molecule has 146 valence electrons. The maximum absolute atomic E-state index is 6.34. The maximum Gasteiger partial charge on any atom is 0.356 e. The first-order valence-corrected chi connectivity index (χ1v) is 12.2. The lowest BCUT2D eigenvalue weighted by Crippen LogP contribution is -2.38. The first-order chi connectivity index (χ1) is 14.3. The second-order valence-electron chi connectivity index (χ2n) is 7.72. The summed E-state index contributed by atoms with van der Waals surface area (Å²) in [6, 6.07) is 24.5. The predicted molar refractivity (Wildman–Crippen MR) is 127 cm³/mol. The highest BCUT2D eigenvalue weighted by Gasteiger charge is 2.23. The highest BCUT2D eigenvalue weighted by atomic mass is 28.3. The Labute approximate surface area is 173 Å². The molecule has 0 saturated heterocycles. The second kappa shape index (κ2) is 7.75. The fourth-order valence-corrected chi connectivity index (χ4v) is 6.70. The van der Waals surface area contributed by atoms with Gasteiger partial charge in [-0.25, -0.2) is 0 Å². The third kappa shape index (κ3) is 3.01. The molecule has 0 saturated carbocycles. The van der Waals surface area contributed by atoms with Crippen molar-refractivity contribution in [2.45, 2.75) is 26.7 Å². The van der Waals surface area contributed by atoms with Crippen LogP contribution in [0.5, 0.6) is 0 Å². The van der Waals surface area contributed by atoms with E-state index in [0.717, 1.165) is 26.1 Å². The van der Waals surface area contributed by atoms with E-state index in [1.54, 1.807) is 0 Å². The van der Waals surface area contributed by atoms with Gasteiger partial charge in [0, 0.05) is 13.2 Å². The van der Waals surface area contributed by atoms with Gasteiger partial charge in [0.2, 0.25) is 0 Å². The average molecular weight is 399 g/mol. The topological polar surface area (TPSA) is 18.5 Å². The van der Waals surface area contributed by atoms with Crippen molar-refractivity contribution in [1.29, 1.82) is 0 Å². The molecule has 0 atom stereocenters. The van der Waals surface area contributed by atoms with E-state index in [4.69, 9.17) is 8.85 Å². The van der Waals surface area contributed by atoms with Crippen LogP contribution in [-0.2, 0) is 8.85 Å². The van der Waals surface area contributed by atoms with E-state index in [1.165, 1.54) is 48.3 Å². The first kappa shape index (κ1) is 18.6. The molecule has 3 heteroatoms. The fraction of sp³-hybridized carbons (Fsp3) is 0.231. The summed E-state index contributed by atoms with van der Waals surface area (Å²) in [5.41, 5.74) is 0. The Balaban J connectivity index is 1.91. The molecule has 0 N–H and O–H groups in total. The van der Waals surface area contributed by atoms with E-state index in [0.29, 0.717) is 0 Å². The minimum absolute atomic E-state index is 0.751. The van der Waals surface area contributed by atoms with E-state index in [1.807, 2.05) is 0 Å². The van der Waals surface area contributed by atoms with Crippen LogP contribution in [0, 0.1) is 0 Å². The number of benzene rings is 5. The van der Waals surface area contributed by atoms with Crippen LogP contribution in [0.3, 0.4) is 0 Å². The van der Waals surface area contributed by atoms with Gasteiger partial charge in [-0.3, -0.25) is 0 Å². The minimum Gasteiger partial charge on any atom is -0.393 e. The Bertz CT molecular complexity index is 1280. The lowest BCUT2D eigenvalue weighted by atomic mass is 9.90. The minimum atomic E-state index is -2.00. The normalized spacial score (nSPS) is 12.2. The summed E-state index contributed by atoms with van der Waals surface area (Å²) in [5, 5.41) is 11.8. The Kier molecular flexibility index (Phi) is 4.96. The van der Waals surface area contributed by atoms with E-state index in [-0.39, 0.29) is 0 Å². The Morgan fingerprint density at radius 3 is 1.76 bits per heavy atom. The van der Waals surface area contributed by atoms with Crippen molar-refractivity contribution >= 4 is 57.6 Å². The summed E-state index contributed by atoms with van der Waals surface area (Å²) in [7, 11) is -2.00. The monoisotopic (exact) mass is 398 g/mol. The van der Waals surface area contributed by atoms with Gasteiger partial charge in [0.15, 0.2) is 0 Å². The van der Waals surface area contributed by atoms with Gasteiger partial charge < -0.3 is 8.85 Å². The molecular formula is C26H26O2Si. The summed E-state index contributed by atoms with van der Waals surface area (Å²) in [4.78, 5) is 0.